The molecule has 1 aromatic heterocycles. The standard InChI is InChI=1S/C26H34N4O2/c1-26(2,3)28-25(31)18-29-15-13-20(14-16-29)17-30-23-12-8-7-11-22(23)27-24(30)19-32-21-9-5-4-6-10-21/h4-12,20H,13-19H2,1-3H3,(H,28,31). The lowest BCUT2D eigenvalue weighted by Crippen LogP contribution is -2.47. The number of imidazole rings is 1. The number of fused-ring (bicyclic) bond motifs is 1. The maximum absolute atomic E-state index is 12.3. The predicted octanol–water partition coefficient (Wildman–Crippen LogP) is 4.24. The van der Waals surface area contributed by atoms with Gasteiger partial charge in [-0.2, -0.15) is 0 Å². The summed E-state index contributed by atoms with van der Waals surface area (Å²) in [6.45, 7) is 9.81. The second-order valence-electron chi connectivity index (χ2n) is 9.75. The molecular formula is C26H34N4O2. The summed E-state index contributed by atoms with van der Waals surface area (Å²) in [5, 5.41) is 3.06. The van der Waals surface area contributed by atoms with Gasteiger partial charge in [0.05, 0.1) is 17.6 Å². The fourth-order valence-electron chi connectivity index (χ4n) is 4.35. The van der Waals surface area contributed by atoms with Crippen LogP contribution in [0.25, 0.3) is 11.0 Å². The van der Waals surface area contributed by atoms with Crippen LogP contribution in [0.1, 0.15) is 39.4 Å². The molecule has 1 aliphatic rings. The summed E-state index contributed by atoms with van der Waals surface area (Å²) in [4.78, 5) is 19.4. The Morgan fingerprint density at radius 3 is 2.47 bits per heavy atom. The number of para-hydroxylation sites is 3. The highest BCUT2D eigenvalue weighted by molar-refractivity contribution is 5.78. The molecule has 1 fully saturated rings. The van der Waals surface area contributed by atoms with Crippen molar-refractivity contribution < 1.29 is 9.53 Å². The zero-order chi connectivity index (χ0) is 22.6. The van der Waals surface area contributed by atoms with Gasteiger partial charge < -0.3 is 14.6 Å². The van der Waals surface area contributed by atoms with E-state index in [1.54, 1.807) is 0 Å². The number of carbonyl (C=O) groups is 1. The quantitative estimate of drug-likeness (QED) is 0.604. The van der Waals surface area contributed by atoms with Crippen molar-refractivity contribution in [2.45, 2.75) is 52.3 Å². The molecule has 170 valence electrons. The zero-order valence-corrected chi connectivity index (χ0v) is 19.4. The Balaban J connectivity index is 1.39. The second kappa shape index (κ2) is 9.74. The summed E-state index contributed by atoms with van der Waals surface area (Å²) in [5.41, 5.74) is 1.98. The van der Waals surface area contributed by atoms with Gasteiger partial charge in [0, 0.05) is 12.1 Å². The van der Waals surface area contributed by atoms with E-state index >= 15 is 0 Å². The molecule has 0 radical (unpaired) electrons. The Morgan fingerprint density at radius 1 is 1.06 bits per heavy atom. The van der Waals surface area contributed by atoms with Crippen molar-refractivity contribution in [3.05, 3.63) is 60.4 Å². The number of benzene rings is 2. The number of piperidine rings is 1. The Hall–Kier alpha value is -2.86. The monoisotopic (exact) mass is 434 g/mol. The number of carbonyl (C=O) groups excluding carboxylic acids is 1. The Kier molecular flexibility index (Phi) is 6.80. The minimum Gasteiger partial charge on any atom is -0.486 e. The van der Waals surface area contributed by atoms with Crippen LogP contribution in [0, 0.1) is 5.92 Å². The molecule has 0 spiro atoms. The predicted molar refractivity (Wildman–Crippen MR) is 128 cm³/mol. The zero-order valence-electron chi connectivity index (χ0n) is 19.4. The highest BCUT2D eigenvalue weighted by Crippen LogP contribution is 2.24. The molecule has 6 heteroatoms. The maximum atomic E-state index is 12.3. The van der Waals surface area contributed by atoms with Crippen LogP contribution in [0.5, 0.6) is 5.75 Å². The van der Waals surface area contributed by atoms with Gasteiger partial charge in [-0.05, 0) is 76.9 Å². The lowest BCUT2D eigenvalue weighted by Gasteiger charge is -2.32. The molecule has 6 nitrogen and oxygen atoms in total. The van der Waals surface area contributed by atoms with E-state index in [2.05, 4.69) is 33.0 Å². The summed E-state index contributed by atoms with van der Waals surface area (Å²) in [6, 6.07) is 18.2. The van der Waals surface area contributed by atoms with Crippen LogP contribution in [-0.2, 0) is 17.9 Å². The highest BCUT2D eigenvalue weighted by Gasteiger charge is 2.24. The molecule has 32 heavy (non-hydrogen) atoms. The molecule has 0 saturated carbocycles. The van der Waals surface area contributed by atoms with E-state index in [1.165, 1.54) is 0 Å². The van der Waals surface area contributed by atoms with Crippen molar-refractivity contribution in [1.82, 2.24) is 19.8 Å². The first-order chi connectivity index (χ1) is 15.4. The molecule has 2 heterocycles. The Morgan fingerprint density at radius 2 is 1.75 bits per heavy atom. The van der Waals surface area contributed by atoms with Crippen LogP contribution < -0.4 is 10.1 Å². The number of nitrogens with one attached hydrogen (secondary N) is 1. The van der Waals surface area contributed by atoms with Gasteiger partial charge in [0.1, 0.15) is 18.2 Å². The average Bonchev–Trinajstić information content (AvgIpc) is 3.10. The third-order valence-electron chi connectivity index (χ3n) is 5.87. The van der Waals surface area contributed by atoms with Gasteiger partial charge in [-0.25, -0.2) is 4.98 Å². The van der Waals surface area contributed by atoms with Gasteiger partial charge in [-0.3, -0.25) is 9.69 Å². The maximum Gasteiger partial charge on any atom is 0.234 e. The molecule has 0 atom stereocenters. The molecule has 3 aromatic rings. The molecule has 2 aromatic carbocycles. The van der Waals surface area contributed by atoms with Gasteiger partial charge in [0.2, 0.25) is 5.91 Å². The molecule has 0 aliphatic carbocycles. The molecule has 0 bridgehead atoms. The van der Waals surface area contributed by atoms with E-state index in [9.17, 15) is 4.79 Å². The van der Waals surface area contributed by atoms with Gasteiger partial charge in [0.15, 0.2) is 0 Å². The number of hydrogen-bond donors (Lipinski definition) is 1. The van der Waals surface area contributed by atoms with Crippen LogP contribution in [0.2, 0.25) is 0 Å². The van der Waals surface area contributed by atoms with E-state index in [0.717, 1.165) is 55.1 Å². The fraction of sp³-hybridized carbons (Fsp3) is 0.462. The van der Waals surface area contributed by atoms with Crippen LogP contribution in [0.3, 0.4) is 0 Å². The normalized spacial score (nSPS) is 15.7. The summed E-state index contributed by atoms with van der Waals surface area (Å²) in [6.07, 6.45) is 2.16. The highest BCUT2D eigenvalue weighted by atomic mass is 16.5. The topological polar surface area (TPSA) is 59.4 Å². The Bertz CT molecular complexity index is 1030. The lowest BCUT2D eigenvalue weighted by atomic mass is 9.96. The first-order valence-corrected chi connectivity index (χ1v) is 11.5. The van der Waals surface area contributed by atoms with Crippen molar-refractivity contribution in [1.29, 1.82) is 0 Å². The largest absolute Gasteiger partial charge is 0.486 e. The smallest absolute Gasteiger partial charge is 0.234 e. The van der Waals surface area contributed by atoms with Crippen molar-refractivity contribution in [3.63, 3.8) is 0 Å². The fourth-order valence-corrected chi connectivity index (χ4v) is 4.35. The van der Waals surface area contributed by atoms with E-state index in [1.807, 2.05) is 57.2 Å². The summed E-state index contributed by atoms with van der Waals surface area (Å²) in [5.74, 6) is 2.48. The van der Waals surface area contributed by atoms with Gasteiger partial charge in [-0.1, -0.05) is 30.3 Å². The second-order valence-corrected chi connectivity index (χ2v) is 9.75. The third kappa shape index (κ3) is 5.88. The van der Waals surface area contributed by atoms with Gasteiger partial charge in [0.25, 0.3) is 0 Å². The van der Waals surface area contributed by atoms with Crippen LogP contribution in [0.15, 0.2) is 54.6 Å². The number of amides is 1. The minimum absolute atomic E-state index is 0.108. The third-order valence-corrected chi connectivity index (χ3v) is 5.87. The number of rotatable bonds is 7. The van der Waals surface area contributed by atoms with E-state index in [-0.39, 0.29) is 11.4 Å². The summed E-state index contributed by atoms with van der Waals surface area (Å²) >= 11 is 0. The molecule has 1 aliphatic heterocycles. The summed E-state index contributed by atoms with van der Waals surface area (Å²) < 4.78 is 8.34. The molecule has 1 N–H and O–H groups in total. The van der Waals surface area contributed by atoms with Gasteiger partial charge >= 0.3 is 0 Å². The van der Waals surface area contributed by atoms with E-state index in [4.69, 9.17) is 9.72 Å². The molecular weight excluding hydrogens is 400 g/mol. The van der Waals surface area contributed by atoms with Crippen molar-refractivity contribution >= 4 is 16.9 Å². The lowest BCUT2D eigenvalue weighted by molar-refractivity contribution is -0.124. The number of aromatic nitrogens is 2. The number of nitrogens with zero attached hydrogens (tertiary/aromatic N) is 3. The molecule has 1 saturated heterocycles. The van der Waals surface area contributed by atoms with E-state index < -0.39 is 0 Å². The summed E-state index contributed by atoms with van der Waals surface area (Å²) in [7, 11) is 0. The average molecular weight is 435 g/mol. The van der Waals surface area contributed by atoms with Crippen LogP contribution in [-0.4, -0.2) is 45.5 Å². The van der Waals surface area contributed by atoms with E-state index in [0.29, 0.717) is 19.1 Å². The SMILES string of the molecule is CC(C)(C)NC(=O)CN1CCC(Cn2c(COc3ccccc3)nc3ccccc32)CC1. The van der Waals surface area contributed by atoms with Crippen LogP contribution in [0.4, 0.5) is 0 Å². The Labute approximate surface area is 190 Å². The van der Waals surface area contributed by atoms with Crippen molar-refractivity contribution in [2.24, 2.45) is 5.92 Å². The number of ether oxygens (including phenoxy) is 1. The number of hydrogen-bond acceptors (Lipinski definition) is 4. The molecule has 1 amide bonds. The first-order valence-electron chi connectivity index (χ1n) is 11.5. The number of likely N-dealkylation sites (tertiary alicyclic amines) is 1. The van der Waals surface area contributed by atoms with Crippen molar-refractivity contribution in [3.8, 4) is 5.75 Å². The molecule has 4 rings (SSSR count). The first kappa shape index (κ1) is 22.3. The molecule has 0 unspecified atom stereocenters. The van der Waals surface area contributed by atoms with Gasteiger partial charge in [-0.15, -0.1) is 0 Å². The van der Waals surface area contributed by atoms with Crippen molar-refractivity contribution in [2.75, 3.05) is 19.6 Å². The minimum atomic E-state index is -0.184. The van der Waals surface area contributed by atoms with Crippen LogP contribution >= 0.6 is 0 Å².